The fourth-order valence-electron chi connectivity index (χ4n) is 3.40. The fraction of sp³-hybridized carbons (Fsp3) is 1.00. The van der Waals surface area contributed by atoms with Crippen LogP contribution in [0.25, 0.3) is 0 Å². The van der Waals surface area contributed by atoms with Crippen molar-refractivity contribution < 1.29 is 9.47 Å². The van der Waals surface area contributed by atoms with Gasteiger partial charge >= 0.3 is 0 Å². The maximum Gasteiger partial charge on any atom is 0.0487 e. The molecule has 3 nitrogen and oxygen atoms in total. The molecule has 120 valence electrons. The third-order valence-electron chi connectivity index (χ3n) is 4.70. The highest BCUT2D eigenvalue weighted by Gasteiger charge is 2.30. The van der Waals surface area contributed by atoms with Crippen molar-refractivity contribution in [3.8, 4) is 0 Å². The van der Waals surface area contributed by atoms with E-state index in [4.69, 9.17) is 9.47 Å². The molecule has 0 aromatic rings. The normalized spacial score (nSPS) is 27.1. The summed E-state index contributed by atoms with van der Waals surface area (Å²) in [6.07, 6.45) is 6.31. The Hall–Kier alpha value is -0.120. The third kappa shape index (κ3) is 6.55. The van der Waals surface area contributed by atoms with Gasteiger partial charge in [0.1, 0.15) is 0 Å². The van der Waals surface area contributed by atoms with E-state index in [0.29, 0.717) is 6.04 Å². The number of rotatable bonds is 10. The van der Waals surface area contributed by atoms with Crippen LogP contribution in [0.15, 0.2) is 0 Å². The maximum atomic E-state index is 5.75. The lowest BCUT2D eigenvalue weighted by atomic mass is 9.72. The zero-order valence-electron chi connectivity index (χ0n) is 14.0. The molecule has 1 aliphatic carbocycles. The topological polar surface area (TPSA) is 30.5 Å². The maximum absolute atomic E-state index is 5.75. The molecular formula is C17H35NO2. The minimum atomic E-state index is 0.706. The van der Waals surface area contributed by atoms with Gasteiger partial charge < -0.3 is 14.8 Å². The van der Waals surface area contributed by atoms with Crippen LogP contribution in [-0.4, -0.2) is 39.5 Å². The van der Waals surface area contributed by atoms with E-state index in [1.165, 1.54) is 25.7 Å². The molecule has 0 heterocycles. The molecule has 0 spiro atoms. The van der Waals surface area contributed by atoms with Gasteiger partial charge in [0.2, 0.25) is 0 Å². The lowest BCUT2D eigenvalue weighted by molar-refractivity contribution is 0.0753. The Morgan fingerprint density at radius 1 is 1.15 bits per heavy atom. The minimum Gasteiger partial charge on any atom is -0.385 e. The lowest BCUT2D eigenvalue weighted by Gasteiger charge is -2.38. The van der Waals surface area contributed by atoms with Gasteiger partial charge in [-0.05, 0) is 56.4 Å². The van der Waals surface area contributed by atoms with Gasteiger partial charge in [0.25, 0.3) is 0 Å². The van der Waals surface area contributed by atoms with Crippen molar-refractivity contribution in [3.63, 3.8) is 0 Å². The monoisotopic (exact) mass is 285 g/mol. The molecule has 3 heteroatoms. The van der Waals surface area contributed by atoms with Crippen LogP contribution in [0.4, 0.5) is 0 Å². The molecule has 0 bridgehead atoms. The van der Waals surface area contributed by atoms with Crippen molar-refractivity contribution in [1.82, 2.24) is 5.32 Å². The van der Waals surface area contributed by atoms with Gasteiger partial charge in [0.15, 0.2) is 0 Å². The van der Waals surface area contributed by atoms with Crippen molar-refractivity contribution in [2.75, 3.05) is 33.5 Å². The smallest absolute Gasteiger partial charge is 0.0487 e. The van der Waals surface area contributed by atoms with Crippen molar-refractivity contribution in [2.45, 2.75) is 58.9 Å². The second kappa shape index (κ2) is 10.6. The number of hydrogen-bond donors (Lipinski definition) is 1. The second-order valence-electron chi connectivity index (χ2n) is 6.49. The van der Waals surface area contributed by atoms with E-state index < -0.39 is 0 Å². The van der Waals surface area contributed by atoms with Crippen LogP contribution in [0.2, 0.25) is 0 Å². The average Bonchev–Trinajstić information content (AvgIpc) is 2.44. The minimum absolute atomic E-state index is 0.706. The first kappa shape index (κ1) is 17.9. The van der Waals surface area contributed by atoms with Crippen molar-refractivity contribution in [2.24, 2.45) is 17.8 Å². The van der Waals surface area contributed by atoms with E-state index in [1.807, 2.05) is 0 Å². The molecular weight excluding hydrogens is 250 g/mol. The Morgan fingerprint density at radius 3 is 2.60 bits per heavy atom. The first-order chi connectivity index (χ1) is 9.69. The summed E-state index contributed by atoms with van der Waals surface area (Å²) in [5.74, 6) is 2.52. The van der Waals surface area contributed by atoms with Crippen LogP contribution in [0.3, 0.4) is 0 Å². The molecule has 0 amide bonds. The highest BCUT2D eigenvalue weighted by molar-refractivity contribution is 4.85. The van der Waals surface area contributed by atoms with E-state index in [-0.39, 0.29) is 0 Å². The summed E-state index contributed by atoms with van der Waals surface area (Å²) in [7, 11) is 1.75. The molecule has 3 atom stereocenters. The van der Waals surface area contributed by atoms with Gasteiger partial charge in [-0.1, -0.05) is 20.8 Å². The summed E-state index contributed by atoms with van der Waals surface area (Å²) in [5, 5.41) is 3.68. The van der Waals surface area contributed by atoms with Crippen LogP contribution >= 0.6 is 0 Å². The Bertz CT molecular complexity index is 233. The van der Waals surface area contributed by atoms with Crippen molar-refractivity contribution in [1.29, 1.82) is 0 Å². The predicted molar refractivity (Wildman–Crippen MR) is 85.1 cm³/mol. The van der Waals surface area contributed by atoms with Gasteiger partial charge in [-0.3, -0.25) is 0 Å². The molecule has 1 rings (SSSR count). The quantitative estimate of drug-likeness (QED) is 0.623. The van der Waals surface area contributed by atoms with Crippen molar-refractivity contribution in [3.05, 3.63) is 0 Å². The Labute approximate surface area is 125 Å². The van der Waals surface area contributed by atoms with Gasteiger partial charge in [0, 0.05) is 33.0 Å². The highest BCUT2D eigenvalue weighted by atomic mass is 16.5. The molecule has 1 aliphatic rings. The molecule has 3 unspecified atom stereocenters. The molecule has 0 radical (unpaired) electrons. The molecule has 1 N–H and O–H groups in total. The number of hydrogen-bond acceptors (Lipinski definition) is 3. The molecule has 1 fully saturated rings. The summed E-state index contributed by atoms with van der Waals surface area (Å²) < 4.78 is 10.8. The van der Waals surface area contributed by atoms with Crippen LogP contribution in [0.1, 0.15) is 52.9 Å². The Balaban J connectivity index is 2.28. The van der Waals surface area contributed by atoms with Crippen LogP contribution < -0.4 is 5.32 Å². The van der Waals surface area contributed by atoms with Gasteiger partial charge in [-0.2, -0.15) is 0 Å². The Morgan fingerprint density at radius 2 is 1.95 bits per heavy atom. The highest BCUT2D eigenvalue weighted by Crippen LogP contribution is 2.35. The predicted octanol–water partition coefficient (Wildman–Crippen LogP) is 3.48. The zero-order valence-corrected chi connectivity index (χ0v) is 14.0. The SMILES string of the molecule is CCNC1CCC(C(C)C)CC1CCOCCCOC. The first-order valence-electron chi connectivity index (χ1n) is 8.49. The number of methoxy groups -OCH3 is 1. The average molecular weight is 285 g/mol. The summed E-state index contributed by atoms with van der Waals surface area (Å²) in [4.78, 5) is 0. The number of ether oxygens (including phenoxy) is 2. The van der Waals surface area contributed by atoms with Gasteiger partial charge in [-0.15, -0.1) is 0 Å². The van der Waals surface area contributed by atoms with Crippen LogP contribution in [-0.2, 0) is 9.47 Å². The molecule has 0 aromatic carbocycles. The van der Waals surface area contributed by atoms with E-state index in [2.05, 4.69) is 26.1 Å². The molecule has 20 heavy (non-hydrogen) atoms. The third-order valence-corrected chi connectivity index (χ3v) is 4.70. The number of nitrogens with one attached hydrogen (secondary N) is 1. The fourth-order valence-corrected chi connectivity index (χ4v) is 3.40. The summed E-state index contributed by atoms with van der Waals surface area (Å²) in [6.45, 7) is 10.6. The summed E-state index contributed by atoms with van der Waals surface area (Å²) >= 11 is 0. The standard InChI is InChI=1S/C17H35NO2/c1-5-18-17-8-7-15(14(2)3)13-16(17)9-12-20-11-6-10-19-4/h14-18H,5-13H2,1-4H3. The second-order valence-corrected chi connectivity index (χ2v) is 6.49. The van der Waals surface area contributed by atoms with Crippen LogP contribution in [0, 0.1) is 17.8 Å². The van der Waals surface area contributed by atoms with Crippen molar-refractivity contribution >= 4 is 0 Å². The van der Waals surface area contributed by atoms with E-state index in [0.717, 1.165) is 50.5 Å². The first-order valence-corrected chi connectivity index (χ1v) is 8.49. The molecule has 1 saturated carbocycles. The molecule has 0 saturated heterocycles. The van der Waals surface area contributed by atoms with E-state index >= 15 is 0 Å². The molecule has 0 aromatic heterocycles. The largest absolute Gasteiger partial charge is 0.385 e. The van der Waals surface area contributed by atoms with E-state index in [9.17, 15) is 0 Å². The summed E-state index contributed by atoms with van der Waals surface area (Å²) in [6, 6.07) is 0.706. The summed E-state index contributed by atoms with van der Waals surface area (Å²) in [5.41, 5.74) is 0. The van der Waals surface area contributed by atoms with Gasteiger partial charge in [0.05, 0.1) is 0 Å². The Kier molecular flexibility index (Phi) is 9.49. The van der Waals surface area contributed by atoms with E-state index in [1.54, 1.807) is 7.11 Å². The van der Waals surface area contributed by atoms with Crippen LogP contribution in [0.5, 0.6) is 0 Å². The zero-order chi connectivity index (χ0) is 14.8. The molecule has 0 aliphatic heterocycles. The lowest BCUT2D eigenvalue weighted by Crippen LogP contribution is -2.41. The van der Waals surface area contributed by atoms with Gasteiger partial charge in [-0.25, -0.2) is 0 Å².